The van der Waals surface area contributed by atoms with Crippen LogP contribution in [0.1, 0.15) is 23.7 Å². The first-order chi connectivity index (χ1) is 6.86. The Bertz CT molecular complexity index is 496. The molecule has 1 rings (SSSR count). The molecule has 3 nitrogen and oxygen atoms in total. The number of halogens is 2. The average molecular weight is 251 g/mol. The van der Waals surface area contributed by atoms with Crippen LogP contribution < -0.4 is 0 Å². The molecule has 0 N–H and O–H groups in total. The van der Waals surface area contributed by atoms with Crippen LogP contribution in [-0.4, -0.2) is 14.2 Å². The maximum Gasteiger partial charge on any atom is 0.261 e. The van der Waals surface area contributed by atoms with Gasteiger partial charge in [-0.25, -0.2) is 12.8 Å². The first-order valence-electron chi connectivity index (χ1n) is 4.13. The number of hydrogen-bond acceptors (Lipinski definition) is 3. The molecule has 0 heterocycles. The van der Waals surface area contributed by atoms with E-state index in [9.17, 15) is 17.6 Å². The van der Waals surface area contributed by atoms with E-state index < -0.39 is 20.7 Å². The van der Waals surface area contributed by atoms with E-state index in [4.69, 9.17) is 10.7 Å². The molecule has 6 heteroatoms. The van der Waals surface area contributed by atoms with Crippen molar-refractivity contribution in [2.45, 2.75) is 18.2 Å². The van der Waals surface area contributed by atoms with Gasteiger partial charge in [-0.1, -0.05) is 6.92 Å². The number of hydrogen-bond donors (Lipinski definition) is 0. The quantitative estimate of drug-likeness (QED) is 0.611. The third-order valence-corrected chi connectivity index (χ3v) is 3.19. The molecule has 0 bridgehead atoms. The number of rotatable bonds is 3. The van der Waals surface area contributed by atoms with Gasteiger partial charge in [0, 0.05) is 17.1 Å². The van der Waals surface area contributed by atoms with Crippen LogP contribution in [0.15, 0.2) is 23.1 Å². The molecule has 1 aromatic carbocycles. The highest BCUT2D eigenvalue weighted by Crippen LogP contribution is 2.19. The molecule has 0 aliphatic heterocycles. The highest BCUT2D eigenvalue weighted by molar-refractivity contribution is 8.13. The summed E-state index contributed by atoms with van der Waals surface area (Å²) < 4.78 is 35.0. The van der Waals surface area contributed by atoms with Gasteiger partial charge in [0.15, 0.2) is 5.78 Å². The van der Waals surface area contributed by atoms with E-state index in [0.717, 1.165) is 18.2 Å². The number of Topliss-reactive ketones (excluding diaryl/α,β-unsaturated/α-hetero) is 1. The van der Waals surface area contributed by atoms with E-state index in [2.05, 4.69) is 0 Å². The van der Waals surface area contributed by atoms with E-state index in [-0.39, 0.29) is 16.9 Å². The predicted molar refractivity (Wildman–Crippen MR) is 54.1 cm³/mol. The first-order valence-corrected chi connectivity index (χ1v) is 6.44. The Balaban J connectivity index is 3.36. The fraction of sp³-hybridized carbons (Fsp3) is 0.222. The molecule has 0 spiro atoms. The summed E-state index contributed by atoms with van der Waals surface area (Å²) in [6, 6.07) is 2.88. The average Bonchev–Trinajstić information content (AvgIpc) is 2.15. The first kappa shape index (κ1) is 12.1. The Labute approximate surface area is 91.3 Å². The van der Waals surface area contributed by atoms with Crippen molar-refractivity contribution in [3.05, 3.63) is 29.6 Å². The van der Waals surface area contributed by atoms with E-state index in [1.807, 2.05) is 0 Å². The third kappa shape index (κ3) is 2.76. The summed E-state index contributed by atoms with van der Waals surface area (Å²) >= 11 is 0. The van der Waals surface area contributed by atoms with Crippen molar-refractivity contribution < 1.29 is 17.6 Å². The normalized spacial score (nSPS) is 11.4. The summed E-state index contributed by atoms with van der Waals surface area (Å²) in [6.07, 6.45) is 0.0999. The molecule has 0 saturated carbocycles. The molecular weight excluding hydrogens is 243 g/mol. The molecule has 0 radical (unpaired) electrons. The molecule has 15 heavy (non-hydrogen) atoms. The van der Waals surface area contributed by atoms with Crippen molar-refractivity contribution in [1.29, 1.82) is 0 Å². The Morgan fingerprint density at radius 3 is 2.53 bits per heavy atom. The zero-order valence-electron chi connectivity index (χ0n) is 7.83. The fourth-order valence-electron chi connectivity index (χ4n) is 1.06. The number of carbonyl (C=O) groups is 1. The Morgan fingerprint density at radius 2 is 2.07 bits per heavy atom. The third-order valence-electron chi connectivity index (χ3n) is 1.84. The van der Waals surface area contributed by atoms with Gasteiger partial charge in [0.1, 0.15) is 5.82 Å². The molecule has 0 aliphatic carbocycles. The van der Waals surface area contributed by atoms with E-state index in [1.54, 1.807) is 6.92 Å². The smallest absolute Gasteiger partial charge is 0.261 e. The second kappa shape index (κ2) is 4.28. The Kier molecular flexibility index (Phi) is 3.46. The lowest BCUT2D eigenvalue weighted by molar-refractivity contribution is 0.0984. The lowest BCUT2D eigenvalue weighted by Gasteiger charge is -2.02. The fourth-order valence-corrected chi connectivity index (χ4v) is 1.84. The molecule has 0 atom stereocenters. The summed E-state index contributed by atoms with van der Waals surface area (Å²) in [6.45, 7) is 1.56. The standard InChI is InChI=1S/C9H8ClFO3S/c1-2-9(12)7-5-6(15(10,13)14)3-4-8(7)11/h3-5H,2H2,1H3. The van der Waals surface area contributed by atoms with Crippen molar-refractivity contribution in [2.24, 2.45) is 0 Å². The van der Waals surface area contributed by atoms with Crippen molar-refractivity contribution in [1.82, 2.24) is 0 Å². The minimum Gasteiger partial charge on any atom is -0.294 e. The van der Waals surface area contributed by atoms with Gasteiger partial charge in [0.2, 0.25) is 0 Å². The Morgan fingerprint density at radius 1 is 1.47 bits per heavy atom. The molecule has 0 aliphatic rings. The molecule has 0 amide bonds. The van der Waals surface area contributed by atoms with Gasteiger partial charge < -0.3 is 0 Å². The number of benzene rings is 1. The van der Waals surface area contributed by atoms with Gasteiger partial charge in [-0.15, -0.1) is 0 Å². The van der Waals surface area contributed by atoms with Crippen molar-refractivity contribution in [3.63, 3.8) is 0 Å². The van der Waals surface area contributed by atoms with Crippen LogP contribution in [0.2, 0.25) is 0 Å². The maximum atomic E-state index is 13.1. The summed E-state index contributed by atoms with van der Waals surface area (Å²) in [4.78, 5) is 11.0. The molecule has 0 unspecified atom stereocenters. The highest BCUT2D eigenvalue weighted by atomic mass is 35.7. The zero-order chi connectivity index (χ0) is 11.6. The van der Waals surface area contributed by atoms with E-state index in [1.165, 1.54) is 0 Å². The van der Waals surface area contributed by atoms with E-state index >= 15 is 0 Å². The Hall–Kier alpha value is -0.940. The molecule has 1 aromatic rings. The molecule has 82 valence electrons. The van der Waals surface area contributed by atoms with Crippen molar-refractivity contribution in [3.8, 4) is 0 Å². The van der Waals surface area contributed by atoms with Gasteiger partial charge in [0.25, 0.3) is 9.05 Å². The molecule has 0 aromatic heterocycles. The van der Waals surface area contributed by atoms with Crippen molar-refractivity contribution >= 4 is 25.5 Å². The van der Waals surface area contributed by atoms with Gasteiger partial charge >= 0.3 is 0 Å². The summed E-state index contributed by atoms with van der Waals surface area (Å²) in [7, 11) is 1.14. The SMILES string of the molecule is CCC(=O)c1cc(S(=O)(=O)Cl)ccc1F. The van der Waals surface area contributed by atoms with Crippen LogP contribution in [0.25, 0.3) is 0 Å². The molecule has 0 fully saturated rings. The lowest BCUT2D eigenvalue weighted by Crippen LogP contribution is -2.03. The highest BCUT2D eigenvalue weighted by Gasteiger charge is 2.16. The van der Waals surface area contributed by atoms with Gasteiger partial charge in [-0.3, -0.25) is 4.79 Å². The van der Waals surface area contributed by atoms with Crippen molar-refractivity contribution in [2.75, 3.05) is 0 Å². The number of ketones is 1. The van der Waals surface area contributed by atoms with Gasteiger partial charge in [-0.2, -0.15) is 0 Å². The zero-order valence-corrected chi connectivity index (χ0v) is 9.40. The minimum atomic E-state index is -3.93. The summed E-state index contributed by atoms with van der Waals surface area (Å²) in [5.41, 5.74) is -0.251. The van der Waals surface area contributed by atoms with E-state index in [0.29, 0.717) is 0 Å². The second-order valence-corrected chi connectivity index (χ2v) is 5.42. The summed E-state index contributed by atoms with van der Waals surface area (Å²) in [5.74, 6) is -1.21. The summed E-state index contributed by atoms with van der Waals surface area (Å²) in [5, 5.41) is 0. The topological polar surface area (TPSA) is 51.2 Å². The minimum absolute atomic E-state index is 0.0999. The van der Waals surface area contributed by atoms with Crippen LogP contribution in [0.3, 0.4) is 0 Å². The molecule has 0 saturated heterocycles. The maximum absolute atomic E-state index is 13.1. The van der Waals surface area contributed by atoms with Crippen LogP contribution in [0, 0.1) is 5.82 Å². The van der Waals surface area contributed by atoms with Gasteiger partial charge in [0.05, 0.1) is 10.5 Å². The second-order valence-electron chi connectivity index (χ2n) is 2.86. The monoisotopic (exact) mass is 250 g/mol. The lowest BCUT2D eigenvalue weighted by atomic mass is 10.1. The van der Waals surface area contributed by atoms with Crippen LogP contribution in [-0.2, 0) is 9.05 Å². The largest absolute Gasteiger partial charge is 0.294 e. The van der Waals surface area contributed by atoms with Crippen LogP contribution in [0.4, 0.5) is 4.39 Å². The van der Waals surface area contributed by atoms with Crippen LogP contribution >= 0.6 is 10.7 Å². The predicted octanol–water partition coefficient (Wildman–Crippen LogP) is 2.35. The van der Waals surface area contributed by atoms with Crippen LogP contribution in [0.5, 0.6) is 0 Å². The number of carbonyl (C=O) groups excluding carboxylic acids is 1. The molecular formula is C9H8ClFO3S. The van der Waals surface area contributed by atoms with Gasteiger partial charge in [-0.05, 0) is 18.2 Å².